The maximum Gasteiger partial charge on any atom is 0.335 e. The molecule has 0 fully saturated rings. The third kappa shape index (κ3) is 3.15. The molecule has 0 saturated heterocycles. The van der Waals surface area contributed by atoms with Gasteiger partial charge in [-0.3, -0.25) is 0 Å². The second-order valence-corrected chi connectivity index (χ2v) is 5.17. The van der Waals surface area contributed by atoms with Crippen LogP contribution in [0.4, 0.5) is 0 Å². The molecule has 0 bridgehead atoms. The fourth-order valence-corrected chi connectivity index (χ4v) is 2.63. The van der Waals surface area contributed by atoms with Crippen LogP contribution in [0.15, 0.2) is 52.3 Å². The molecule has 94 valence electrons. The van der Waals surface area contributed by atoms with E-state index in [0.29, 0.717) is 5.56 Å². The maximum atomic E-state index is 10.9. The van der Waals surface area contributed by atoms with Crippen molar-refractivity contribution in [3.63, 3.8) is 0 Å². The normalized spacial score (nSPS) is 9.89. The van der Waals surface area contributed by atoms with Gasteiger partial charge in [0.05, 0.1) is 17.2 Å². The summed E-state index contributed by atoms with van der Waals surface area (Å²) in [6.45, 7) is 1.89. The zero-order valence-electron chi connectivity index (χ0n) is 10.3. The molecule has 2 aromatic rings. The highest BCUT2D eigenvalue weighted by Crippen LogP contribution is 2.29. The largest absolute Gasteiger partial charge is 0.478 e. The summed E-state index contributed by atoms with van der Waals surface area (Å²) in [5.74, 6) is -0.932. The summed E-state index contributed by atoms with van der Waals surface area (Å²) in [4.78, 5) is 12.7. The van der Waals surface area contributed by atoms with Gasteiger partial charge in [0.1, 0.15) is 0 Å². The van der Waals surface area contributed by atoms with Crippen LogP contribution in [0.5, 0.6) is 0 Å². The average molecular weight is 269 g/mol. The van der Waals surface area contributed by atoms with Crippen molar-refractivity contribution < 1.29 is 9.90 Å². The van der Waals surface area contributed by atoms with Gasteiger partial charge in [-0.2, -0.15) is 5.26 Å². The summed E-state index contributed by atoms with van der Waals surface area (Å²) in [6, 6.07) is 14.5. The molecule has 4 heteroatoms. The molecule has 0 spiro atoms. The smallest absolute Gasteiger partial charge is 0.335 e. The zero-order chi connectivity index (χ0) is 13.8. The molecule has 1 N–H and O–H groups in total. The summed E-state index contributed by atoms with van der Waals surface area (Å²) < 4.78 is 0. The molecule has 0 aliphatic rings. The van der Waals surface area contributed by atoms with Crippen LogP contribution in [0.25, 0.3) is 0 Å². The quantitative estimate of drug-likeness (QED) is 0.922. The van der Waals surface area contributed by atoms with Crippen molar-refractivity contribution in [2.24, 2.45) is 0 Å². The lowest BCUT2D eigenvalue weighted by Crippen LogP contribution is -1.95. The predicted octanol–water partition coefficient (Wildman–Crippen LogP) is 3.72. The summed E-state index contributed by atoms with van der Waals surface area (Å²) in [5, 5.41) is 17.8. The van der Waals surface area contributed by atoms with E-state index in [4.69, 9.17) is 10.4 Å². The SMILES string of the molecule is Cc1cc(Sc2cccc(C(=O)O)c2)ccc1C#N. The number of carboxylic acids is 1. The topological polar surface area (TPSA) is 61.1 Å². The molecule has 0 aliphatic heterocycles. The Morgan fingerprint density at radius 1 is 1.21 bits per heavy atom. The molecule has 0 unspecified atom stereocenters. The van der Waals surface area contributed by atoms with E-state index in [1.54, 1.807) is 24.3 Å². The average Bonchev–Trinajstić information content (AvgIpc) is 2.39. The Hall–Kier alpha value is -2.25. The van der Waals surface area contributed by atoms with Crippen molar-refractivity contribution in [2.45, 2.75) is 16.7 Å². The highest BCUT2D eigenvalue weighted by Gasteiger charge is 2.05. The number of hydrogen-bond donors (Lipinski definition) is 1. The fourth-order valence-electron chi connectivity index (χ4n) is 1.65. The Balaban J connectivity index is 2.26. The molecule has 0 saturated carbocycles. The van der Waals surface area contributed by atoms with Gasteiger partial charge >= 0.3 is 5.97 Å². The molecule has 0 radical (unpaired) electrons. The van der Waals surface area contributed by atoms with Crippen molar-refractivity contribution >= 4 is 17.7 Å². The Morgan fingerprint density at radius 2 is 1.95 bits per heavy atom. The number of aromatic carboxylic acids is 1. The molecule has 3 nitrogen and oxygen atoms in total. The minimum absolute atomic E-state index is 0.273. The maximum absolute atomic E-state index is 10.9. The Morgan fingerprint density at radius 3 is 2.58 bits per heavy atom. The van der Waals surface area contributed by atoms with Gasteiger partial charge in [0, 0.05) is 9.79 Å². The van der Waals surface area contributed by atoms with Crippen molar-refractivity contribution in [3.05, 3.63) is 59.2 Å². The molecule has 0 atom stereocenters. The van der Waals surface area contributed by atoms with E-state index < -0.39 is 5.97 Å². The van der Waals surface area contributed by atoms with Crippen LogP contribution in [0.3, 0.4) is 0 Å². The van der Waals surface area contributed by atoms with Gasteiger partial charge in [-0.25, -0.2) is 4.79 Å². The molecule has 19 heavy (non-hydrogen) atoms. The summed E-state index contributed by atoms with van der Waals surface area (Å²) >= 11 is 1.48. The highest BCUT2D eigenvalue weighted by molar-refractivity contribution is 7.99. The second-order valence-electron chi connectivity index (χ2n) is 4.02. The molecule has 0 heterocycles. The molecule has 2 aromatic carbocycles. The van der Waals surface area contributed by atoms with E-state index in [-0.39, 0.29) is 5.56 Å². The molecule has 2 rings (SSSR count). The van der Waals surface area contributed by atoms with Crippen LogP contribution in [0.1, 0.15) is 21.5 Å². The fraction of sp³-hybridized carbons (Fsp3) is 0.0667. The van der Waals surface area contributed by atoms with Crippen molar-refractivity contribution in [2.75, 3.05) is 0 Å². The number of hydrogen-bond acceptors (Lipinski definition) is 3. The van der Waals surface area contributed by atoms with Crippen LogP contribution in [0, 0.1) is 18.3 Å². The molecular weight excluding hydrogens is 258 g/mol. The summed E-state index contributed by atoms with van der Waals surface area (Å²) in [7, 11) is 0. The third-order valence-electron chi connectivity index (χ3n) is 2.64. The Bertz CT molecular complexity index is 674. The van der Waals surface area contributed by atoms with Gasteiger partial charge < -0.3 is 5.11 Å². The van der Waals surface area contributed by atoms with Gasteiger partial charge in [0.2, 0.25) is 0 Å². The molecule has 0 amide bonds. The minimum Gasteiger partial charge on any atom is -0.478 e. The van der Waals surface area contributed by atoms with Gasteiger partial charge in [0.25, 0.3) is 0 Å². The lowest BCUT2D eigenvalue weighted by molar-refractivity contribution is 0.0696. The third-order valence-corrected chi connectivity index (χ3v) is 3.61. The van der Waals surface area contributed by atoms with Crippen molar-refractivity contribution in [1.82, 2.24) is 0 Å². The number of nitriles is 1. The van der Waals surface area contributed by atoms with Crippen LogP contribution in [0.2, 0.25) is 0 Å². The van der Waals surface area contributed by atoms with E-state index in [2.05, 4.69) is 6.07 Å². The number of benzene rings is 2. The summed E-state index contributed by atoms with van der Waals surface area (Å²) in [6.07, 6.45) is 0. The van der Waals surface area contributed by atoms with E-state index in [9.17, 15) is 4.79 Å². The number of carboxylic acid groups (broad SMARTS) is 1. The van der Waals surface area contributed by atoms with Gasteiger partial charge in [-0.05, 0) is 48.9 Å². The van der Waals surface area contributed by atoms with Crippen LogP contribution < -0.4 is 0 Å². The van der Waals surface area contributed by atoms with Crippen LogP contribution >= 0.6 is 11.8 Å². The number of aryl methyl sites for hydroxylation is 1. The van der Waals surface area contributed by atoms with Gasteiger partial charge in [-0.15, -0.1) is 0 Å². The Labute approximate surface area is 115 Å². The number of nitrogens with zero attached hydrogens (tertiary/aromatic N) is 1. The Kier molecular flexibility index (Phi) is 3.88. The first-order valence-corrected chi connectivity index (χ1v) is 6.44. The monoisotopic (exact) mass is 269 g/mol. The second kappa shape index (κ2) is 5.59. The number of carbonyl (C=O) groups is 1. The van der Waals surface area contributed by atoms with Gasteiger partial charge in [0.15, 0.2) is 0 Å². The molecule has 0 aliphatic carbocycles. The van der Waals surface area contributed by atoms with Gasteiger partial charge in [-0.1, -0.05) is 17.8 Å². The number of rotatable bonds is 3. The van der Waals surface area contributed by atoms with E-state index in [1.807, 2.05) is 25.1 Å². The molecular formula is C15H11NO2S. The first kappa shape index (κ1) is 13.2. The highest BCUT2D eigenvalue weighted by atomic mass is 32.2. The summed E-state index contributed by atoms with van der Waals surface area (Å²) in [5.41, 5.74) is 1.85. The van der Waals surface area contributed by atoms with Crippen LogP contribution in [-0.2, 0) is 0 Å². The predicted molar refractivity (Wildman–Crippen MR) is 73.4 cm³/mol. The molecule has 0 aromatic heterocycles. The van der Waals surface area contributed by atoms with E-state index in [0.717, 1.165) is 15.4 Å². The van der Waals surface area contributed by atoms with E-state index in [1.165, 1.54) is 11.8 Å². The first-order chi connectivity index (χ1) is 9.10. The van der Waals surface area contributed by atoms with Crippen molar-refractivity contribution in [1.29, 1.82) is 5.26 Å². The lowest BCUT2D eigenvalue weighted by atomic mass is 10.1. The standard InChI is InChI=1S/C15H11NO2S/c1-10-7-14(6-5-12(10)9-16)19-13-4-2-3-11(8-13)15(17)18/h2-8H,1H3,(H,17,18). The minimum atomic E-state index is -0.932. The zero-order valence-corrected chi connectivity index (χ0v) is 11.1. The van der Waals surface area contributed by atoms with Crippen LogP contribution in [-0.4, -0.2) is 11.1 Å². The van der Waals surface area contributed by atoms with Crippen molar-refractivity contribution in [3.8, 4) is 6.07 Å². The lowest BCUT2D eigenvalue weighted by Gasteiger charge is -2.05. The first-order valence-electron chi connectivity index (χ1n) is 5.62. The van der Waals surface area contributed by atoms with E-state index >= 15 is 0 Å².